The summed E-state index contributed by atoms with van der Waals surface area (Å²) in [5.74, 6) is 0.836. The molecule has 0 spiro atoms. The molecule has 0 amide bonds. The number of aromatic nitrogens is 3. The van der Waals surface area contributed by atoms with E-state index in [0.29, 0.717) is 10.2 Å². The van der Waals surface area contributed by atoms with E-state index in [0.717, 1.165) is 29.1 Å². The predicted octanol–water partition coefficient (Wildman–Crippen LogP) is 3.42. The molecule has 0 aliphatic rings. The fourth-order valence-electron chi connectivity index (χ4n) is 2.00. The first kappa shape index (κ1) is 11.5. The maximum Gasteiger partial charge on any atom is 0.180 e. The average Bonchev–Trinajstić information content (AvgIpc) is 2.91. The second kappa shape index (κ2) is 4.26. The number of aryl methyl sites for hydroxylation is 1. The van der Waals surface area contributed by atoms with Crippen LogP contribution < -0.4 is 5.73 Å². The lowest BCUT2D eigenvalue weighted by Crippen LogP contribution is -1.97. The molecule has 3 rings (SSSR count). The van der Waals surface area contributed by atoms with Crippen LogP contribution in [0.1, 0.15) is 6.92 Å². The van der Waals surface area contributed by atoms with Crippen LogP contribution in [0.5, 0.6) is 0 Å². The minimum absolute atomic E-state index is 0.553. The molecule has 18 heavy (non-hydrogen) atoms. The zero-order valence-corrected chi connectivity index (χ0v) is 11.3. The van der Waals surface area contributed by atoms with Gasteiger partial charge in [-0.15, -0.1) is 11.3 Å². The van der Waals surface area contributed by atoms with Crippen molar-refractivity contribution >= 4 is 39.1 Å². The van der Waals surface area contributed by atoms with Crippen molar-refractivity contribution in [1.82, 2.24) is 14.5 Å². The normalized spacial score (nSPS) is 11.2. The van der Waals surface area contributed by atoms with Gasteiger partial charge in [0.05, 0.1) is 11.0 Å². The van der Waals surface area contributed by atoms with Crippen molar-refractivity contribution in [3.8, 4) is 11.5 Å². The molecular formula is C12H11ClN4S. The van der Waals surface area contributed by atoms with Crippen molar-refractivity contribution in [2.75, 3.05) is 5.73 Å². The molecule has 2 heterocycles. The standard InChI is InChI=1S/C12H11ClN4S/c1-2-17-10-5-7(13)3-4-8(10)15-11(17)9-6-18-12(14)16-9/h3-6H,2H2,1H3,(H2,14,16). The van der Waals surface area contributed by atoms with E-state index in [1.165, 1.54) is 11.3 Å². The van der Waals surface area contributed by atoms with Gasteiger partial charge in [-0.2, -0.15) is 0 Å². The van der Waals surface area contributed by atoms with Gasteiger partial charge in [0, 0.05) is 16.9 Å². The van der Waals surface area contributed by atoms with E-state index in [2.05, 4.69) is 21.5 Å². The van der Waals surface area contributed by atoms with Crippen molar-refractivity contribution in [2.24, 2.45) is 0 Å². The first-order valence-electron chi connectivity index (χ1n) is 5.56. The quantitative estimate of drug-likeness (QED) is 0.781. The lowest BCUT2D eigenvalue weighted by atomic mass is 10.3. The van der Waals surface area contributed by atoms with Crippen LogP contribution in [0.25, 0.3) is 22.6 Å². The van der Waals surface area contributed by atoms with Gasteiger partial charge in [0.2, 0.25) is 0 Å². The first-order valence-corrected chi connectivity index (χ1v) is 6.82. The number of anilines is 1. The molecule has 0 saturated heterocycles. The molecule has 0 radical (unpaired) electrons. The highest BCUT2D eigenvalue weighted by molar-refractivity contribution is 7.13. The first-order chi connectivity index (χ1) is 8.69. The van der Waals surface area contributed by atoms with Crippen LogP contribution in [0.15, 0.2) is 23.6 Å². The monoisotopic (exact) mass is 278 g/mol. The molecule has 2 aromatic heterocycles. The molecule has 0 bridgehead atoms. The fraction of sp³-hybridized carbons (Fsp3) is 0.167. The Morgan fingerprint density at radius 1 is 1.39 bits per heavy atom. The fourth-order valence-corrected chi connectivity index (χ4v) is 2.71. The highest BCUT2D eigenvalue weighted by Gasteiger charge is 2.14. The lowest BCUT2D eigenvalue weighted by Gasteiger charge is -2.03. The van der Waals surface area contributed by atoms with E-state index in [4.69, 9.17) is 17.3 Å². The highest BCUT2D eigenvalue weighted by atomic mass is 35.5. The molecule has 0 fully saturated rings. The molecular weight excluding hydrogens is 268 g/mol. The van der Waals surface area contributed by atoms with Gasteiger partial charge in [0.25, 0.3) is 0 Å². The second-order valence-corrected chi connectivity index (χ2v) is 5.21. The average molecular weight is 279 g/mol. The number of imidazole rings is 1. The van der Waals surface area contributed by atoms with Crippen LogP contribution in [0.2, 0.25) is 5.02 Å². The number of rotatable bonds is 2. The molecule has 0 saturated carbocycles. The van der Waals surface area contributed by atoms with Crippen molar-refractivity contribution < 1.29 is 0 Å². The largest absolute Gasteiger partial charge is 0.375 e. The van der Waals surface area contributed by atoms with Gasteiger partial charge >= 0.3 is 0 Å². The lowest BCUT2D eigenvalue weighted by molar-refractivity contribution is 0.794. The summed E-state index contributed by atoms with van der Waals surface area (Å²) < 4.78 is 2.09. The van der Waals surface area contributed by atoms with Crippen LogP contribution in [-0.4, -0.2) is 14.5 Å². The third-order valence-electron chi connectivity index (χ3n) is 2.78. The summed E-state index contributed by atoms with van der Waals surface area (Å²) in [4.78, 5) is 8.89. The molecule has 2 N–H and O–H groups in total. The number of nitrogen functional groups attached to an aromatic ring is 1. The molecule has 6 heteroatoms. The van der Waals surface area contributed by atoms with Gasteiger partial charge in [-0.25, -0.2) is 9.97 Å². The summed E-state index contributed by atoms with van der Waals surface area (Å²) in [5.41, 5.74) is 8.43. The van der Waals surface area contributed by atoms with Crippen molar-refractivity contribution in [1.29, 1.82) is 0 Å². The van der Waals surface area contributed by atoms with Gasteiger partial charge in [0.1, 0.15) is 5.69 Å². The second-order valence-electron chi connectivity index (χ2n) is 3.88. The van der Waals surface area contributed by atoms with Gasteiger partial charge in [0.15, 0.2) is 11.0 Å². The maximum atomic E-state index is 6.03. The van der Waals surface area contributed by atoms with E-state index >= 15 is 0 Å². The van der Waals surface area contributed by atoms with E-state index < -0.39 is 0 Å². The Balaban J connectivity index is 2.29. The van der Waals surface area contributed by atoms with E-state index in [-0.39, 0.29) is 0 Å². The SMILES string of the molecule is CCn1c(-c2csc(N)n2)nc2ccc(Cl)cc21. The number of hydrogen-bond donors (Lipinski definition) is 1. The summed E-state index contributed by atoms with van der Waals surface area (Å²) in [6.45, 7) is 2.88. The van der Waals surface area contributed by atoms with Gasteiger partial charge in [-0.1, -0.05) is 11.6 Å². The van der Waals surface area contributed by atoms with Gasteiger partial charge < -0.3 is 10.3 Å². The predicted molar refractivity (Wildman–Crippen MR) is 75.9 cm³/mol. The van der Waals surface area contributed by atoms with Gasteiger partial charge in [-0.3, -0.25) is 0 Å². The summed E-state index contributed by atoms with van der Waals surface area (Å²) >= 11 is 7.45. The minimum Gasteiger partial charge on any atom is -0.375 e. The molecule has 92 valence electrons. The number of halogens is 1. The molecule has 0 unspecified atom stereocenters. The maximum absolute atomic E-state index is 6.03. The zero-order chi connectivity index (χ0) is 12.7. The van der Waals surface area contributed by atoms with Crippen LogP contribution in [0.3, 0.4) is 0 Å². The third kappa shape index (κ3) is 1.76. The topological polar surface area (TPSA) is 56.7 Å². The Hall–Kier alpha value is -1.59. The number of benzene rings is 1. The molecule has 3 aromatic rings. The van der Waals surface area contributed by atoms with Gasteiger partial charge in [-0.05, 0) is 25.1 Å². The molecule has 0 aliphatic carbocycles. The number of nitrogens with zero attached hydrogens (tertiary/aromatic N) is 3. The van der Waals surface area contributed by atoms with Crippen LogP contribution in [-0.2, 0) is 6.54 Å². The Labute approximate surface area is 113 Å². The van der Waals surface area contributed by atoms with E-state index in [1.807, 2.05) is 23.6 Å². The minimum atomic E-state index is 0.553. The molecule has 0 aliphatic heterocycles. The Bertz CT molecular complexity index is 716. The highest BCUT2D eigenvalue weighted by Crippen LogP contribution is 2.28. The van der Waals surface area contributed by atoms with Crippen molar-refractivity contribution in [3.05, 3.63) is 28.6 Å². The number of thiazole rings is 1. The van der Waals surface area contributed by atoms with E-state index in [1.54, 1.807) is 0 Å². The number of hydrogen-bond acceptors (Lipinski definition) is 4. The summed E-state index contributed by atoms with van der Waals surface area (Å²) in [6.07, 6.45) is 0. The Morgan fingerprint density at radius 3 is 2.89 bits per heavy atom. The third-order valence-corrected chi connectivity index (χ3v) is 3.69. The Morgan fingerprint density at radius 2 is 2.22 bits per heavy atom. The summed E-state index contributed by atoms with van der Waals surface area (Å²) in [5, 5.41) is 3.18. The summed E-state index contributed by atoms with van der Waals surface area (Å²) in [6, 6.07) is 5.69. The smallest absolute Gasteiger partial charge is 0.180 e. The van der Waals surface area contributed by atoms with Crippen molar-refractivity contribution in [3.63, 3.8) is 0 Å². The Kier molecular flexibility index (Phi) is 2.72. The van der Waals surface area contributed by atoms with Crippen LogP contribution >= 0.6 is 22.9 Å². The summed E-state index contributed by atoms with van der Waals surface area (Å²) in [7, 11) is 0. The van der Waals surface area contributed by atoms with Crippen LogP contribution in [0.4, 0.5) is 5.13 Å². The van der Waals surface area contributed by atoms with Crippen LogP contribution in [0, 0.1) is 0 Å². The molecule has 4 nitrogen and oxygen atoms in total. The number of fused-ring (bicyclic) bond motifs is 1. The molecule has 0 atom stereocenters. The zero-order valence-electron chi connectivity index (χ0n) is 9.72. The number of nitrogens with two attached hydrogens (primary N) is 1. The van der Waals surface area contributed by atoms with E-state index in [9.17, 15) is 0 Å². The van der Waals surface area contributed by atoms with Crippen molar-refractivity contribution in [2.45, 2.75) is 13.5 Å². The molecule has 1 aromatic carbocycles.